The third-order valence-electron chi connectivity index (χ3n) is 6.77. The van der Waals surface area contributed by atoms with Gasteiger partial charge in [-0.05, 0) is 50.2 Å². The summed E-state index contributed by atoms with van der Waals surface area (Å²) in [5, 5.41) is 8.83. The van der Waals surface area contributed by atoms with Gasteiger partial charge in [0.1, 0.15) is 12.2 Å². The maximum atomic E-state index is 13.4. The number of hydrogen-bond acceptors (Lipinski definition) is 3. The highest BCUT2D eigenvalue weighted by Gasteiger charge is 2.50. The van der Waals surface area contributed by atoms with E-state index in [2.05, 4.69) is 53.4 Å². The molecular weight excluding hydrogens is 360 g/mol. The van der Waals surface area contributed by atoms with Gasteiger partial charge < -0.3 is 9.47 Å². The van der Waals surface area contributed by atoms with Crippen molar-refractivity contribution < 1.29 is 4.79 Å². The van der Waals surface area contributed by atoms with Crippen molar-refractivity contribution in [1.82, 2.24) is 19.7 Å². The first-order chi connectivity index (χ1) is 13.9. The Morgan fingerprint density at radius 2 is 1.83 bits per heavy atom. The third-order valence-corrected chi connectivity index (χ3v) is 6.77. The Morgan fingerprint density at radius 1 is 1.14 bits per heavy atom. The number of carbonyl (C=O) groups is 1. The average molecular weight is 395 g/mol. The van der Waals surface area contributed by atoms with Crippen LogP contribution in [0.1, 0.15) is 79.2 Å². The zero-order valence-corrected chi connectivity index (χ0v) is 18.3. The van der Waals surface area contributed by atoms with Crippen molar-refractivity contribution in [3.05, 3.63) is 47.0 Å². The lowest BCUT2D eigenvalue weighted by molar-refractivity contribution is 0.0758. The van der Waals surface area contributed by atoms with E-state index in [0.717, 1.165) is 42.1 Å². The lowest BCUT2D eigenvalue weighted by Crippen LogP contribution is -2.34. The van der Waals surface area contributed by atoms with E-state index in [1.165, 1.54) is 32.1 Å². The Labute approximate surface area is 174 Å². The SMILES string of the molecule is Cc1cc(C)cc(C(=O)N2CC(c3nncn3CC(C)C)C3(CCCCC3)C2)c1. The van der Waals surface area contributed by atoms with Crippen molar-refractivity contribution in [2.24, 2.45) is 11.3 Å². The number of nitrogens with zero attached hydrogens (tertiary/aromatic N) is 4. The molecule has 1 aromatic heterocycles. The van der Waals surface area contributed by atoms with Crippen molar-refractivity contribution in [2.75, 3.05) is 13.1 Å². The molecule has 0 bridgehead atoms. The summed E-state index contributed by atoms with van der Waals surface area (Å²) in [7, 11) is 0. The van der Waals surface area contributed by atoms with Crippen LogP contribution in [0.2, 0.25) is 0 Å². The van der Waals surface area contributed by atoms with Crippen LogP contribution in [0.25, 0.3) is 0 Å². The first-order valence-corrected chi connectivity index (χ1v) is 11.1. The van der Waals surface area contributed by atoms with Crippen LogP contribution in [0.5, 0.6) is 0 Å². The van der Waals surface area contributed by atoms with E-state index in [1.54, 1.807) is 0 Å². The zero-order chi connectivity index (χ0) is 20.6. The lowest BCUT2D eigenvalue weighted by atomic mass is 9.67. The van der Waals surface area contributed by atoms with E-state index in [-0.39, 0.29) is 17.2 Å². The van der Waals surface area contributed by atoms with Crippen LogP contribution in [-0.4, -0.2) is 38.7 Å². The molecule has 2 aliphatic rings. The summed E-state index contributed by atoms with van der Waals surface area (Å²) in [6, 6.07) is 6.18. The minimum absolute atomic E-state index is 0.147. The predicted molar refractivity (Wildman–Crippen MR) is 115 cm³/mol. The molecule has 5 nitrogen and oxygen atoms in total. The molecule has 0 N–H and O–H groups in total. The molecule has 1 spiro atoms. The van der Waals surface area contributed by atoms with Gasteiger partial charge in [-0.3, -0.25) is 4.79 Å². The van der Waals surface area contributed by atoms with Gasteiger partial charge >= 0.3 is 0 Å². The van der Waals surface area contributed by atoms with Gasteiger partial charge in [-0.1, -0.05) is 50.3 Å². The summed E-state index contributed by atoms with van der Waals surface area (Å²) < 4.78 is 2.23. The first kappa shape index (κ1) is 20.1. The number of benzene rings is 1. The second kappa shape index (κ2) is 7.92. The van der Waals surface area contributed by atoms with Crippen LogP contribution in [0.15, 0.2) is 24.5 Å². The zero-order valence-electron chi connectivity index (χ0n) is 18.3. The van der Waals surface area contributed by atoms with Gasteiger partial charge in [0.15, 0.2) is 0 Å². The molecule has 5 heteroatoms. The predicted octanol–water partition coefficient (Wildman–Crippen LogP) is 4.74. The minimum Gasteiger partial charge on any atom is -0.337 e. The van der Waals surface area contributed by atoms with E-state index in [9.17, 15) is 4.79 Å². The van der Waals surface area contributed by atoms with Gasteiger partial charge in [0.05, 0.1) is 0 Å². The molecular formula is C24H34N4O. The third kappa shape index (κ3) is 3.96. The highest BCUT2D eigenvalue weighted by Crippen LogP contribution is 2.51. The Balaban J connectivity index is 1.66. The Hall–Kier alpha value is -2.17. The second-order valence-electron chi connectivity index (χ2n) is 9.77. The summed E-state index contributed by atoms with van der Waals surface area (Å²) in [5.74, 6) is 2.07. The molecule has 0 radical (unpaired) electrons. The molecule has 1 atom stereocenters. The van der Waals surface area contributed by atoms with Gasteiger partial charge in [0, 0.05) is 31.1 Å². The monoisotopic (exact) mass is 394 g/mol. The maximum Gasteiger partial charge on any atom is 0.253 e. The van der Waals surface area contributed by atoms with E-state index in [1.807, 2.05) is 18.5 Å². The minimum atomic E-state index is 0.147. The second-order valence-corrected chi connectivity index (χ2v) is 9.77. The van der Waals surface area contributed by atoms with E-state index in [4.69, 9.17) is 0 Å². The van der Waals surface area contributed by atoms with Crippen molar-refractivity contribution in [2.45, 2.75) is 72.3 Å². The molecule has 156 valence electrons. The standard InChI is InChI=1S/C24H34N4O/c1-17(2)13-28-16-25-26-22(28)21-14-27(15-24(21)8-6-5-7-9-24)23(29)20-11-18(3)10-19(4)12-20/h10-12,16-17,21H,5-9,13-15H2,1-4H3. The van der Waals surface area contributed by atoms with Crippen LogP contribution in [0.4, 0.5) is 0 Å². The molecule has 2 aromatic rings. The molecule has 1 saturated heterocycles. The number of carbonyl (C=O) groups excluding carboxylic acids is 1. The van der Waals surface area contributed by atoms with E-state index in [0.29, 0.717) is 5.92 Å². The summed E-state index contributed by atoms with van der Waals surface area (Å²) in [6.45, 7) is 11.1. The fourth-order valence-electron chi connectivity index (χ4n) is 5.59. The molecule has 2 heterocycles. The fourth-order valence-corrected chi connectivity index (χ4v) is 5.59. The van der Waals surface area contributed by atoms with Crippen molar-refractivity contribution in [1.29, 1.82) is 0 Å². The molecule has 4 rings (SSSR count). The molecule has 1 saturated carbocycles. The molecule has 1 unspecified atom stereocenters. The number of hydrogen-bond donors (Lipinski definition) is 0. The number of aromatic nitrogens is 3. The summed E-state index contributed by atoms with van der Waals surface area (Å²) >= 11 is 0. The Morgan fingerprint density at radius 3 is 2.48 bits per heavy atom. The van der Waals surface area contributed by atoms with Crippen molar-refractivity contribution in [3.63, 3.8) is 0 Å². The first-order valence-electron chi connectivity index (χ1n) is 11.1. The van der Waals surface area contributed by atoms with Gasteiger partial charge in [-0.25, -0.2) is 0 Å². The maximum absolute atomic E-state index is 13.4. The highest BCUT2D eigenvalue weighted by molar-refractivity contribution is 5.95. The summed E-state index contributed by atoms with van der Waals surface area (Å²) in [6.07, 6.45) is 8.05. The normalized spacial score (nSPS) is 21.3. The number of likely N-dealkylation sites (tertiary alicyclic amines) is 1. The van der Waals surface area contributed by atoms with Crippen molar-refractivity contribution >= 4 is 5.91 Å². The largest absolute Gasteiger partial charge is 0.337 e. The van der Waals surface area contributed by atoms with Crippen LogP contribution in [0.3, 0.4) is 0 Å². The molecule has 1 aliphatic carbocycles. The topological polar surface area (TPSA) is 51.0 Å². The van der Waals surface area contributed by atoms with Gasteiger partial charge in [-0.2, -0.15) is 0 Å². The average Bonchev–Trinajstić information content (AvgIpc) is 3.25. The summed E-state index contributed by atoms with van der Waals surface area (Å²) in [4.78, 5) is 15.5. The smallest absolute Gasteiger partial charge is 0.253 e. The fraction of sp³-hybridized carbons (Fsp3) is 0.625. The van der Waals surface area contributed by atoms with E-state index < -0.39 is 0 Å². The van der Waals surface area contributed by atoms with Crippen LogP contribution in [-0.2, 0) is 6.54 Å². The van der Waals surface area contributed by atoms with Gasteiger partial charge in [0.25, 0.3) is 5.91 Å². The van der Waals surface area contributed by atoms with Gasteiger partial charge in [-0.15, -0.1) is 10.2 Å². The molecule has 1 aromatic carbocycles. The highest BCUT2D eigenvalue weighted by atomic mass is 16.2. The lowest BCUT2D eigenvalue weighted by Gasteiger charge is -2.37. The van der Waals surface area contributed by atoms with Gasteiger partial charge in [0.2, 0.25) is 0 Å². The molecule has 1 aliphatic heterocycles. The Kier molecular flexibility index (Phi) is 5.50. The molecule has 1 amide bonds. The van der Waals surface area contributed by atoms with Crippen LogP contribution in [0, 0.1) is 25.2 Å². The Bertz CT molecular complexity index is 859. The van der Waals surface area contributed by atoms with Crippen LogP contribution >= 0.6 is 0 Å². The van der Waals surface area contributed by atoms with E-state index >= 15 is 0 Å². The number of aryl methyl sites for hydroxylation is 2. The molecule has 29 heavy (non-hydrogen) atoms. The van der Waals surface area contributed by atoms with Crippen LogP contribution < -0.4 is 0 Å². The van der Waals surface area contributed by atoms with Crippen molar-refractivity contribution in [3.8, 4) is 0 Å². The quantitative estimate of drug-likeness (QED) is 0.752. The molecule has 2 fully saturated rings. The number of rotatable bonds is 4. The number of amides is 1. The summed E-state index contributed by atoms with van der Waals surface area (Å²) in [5.41, 5.74) is 3.26.